The molecule has 1 nitrogen and oxygen atoms in total. The van der Waals surface area contributed by atoms with Crippen molar-refractivity contribution >= 4 is 0 Å². The summed E-state index contributed by atoms with van der Waals surface area (Å²) in [4.78, 5) is 2.37. The predicted octanol–water partition coefficient (Wildman–Crippen LogP) is 2.06. The molecule has 0 amide bonds. The lowest BCUT2D eigenvalue weighted by atomic mass is 10.1. The third-order valence-corrected chi connectivity index (χ3v) is 2.59. The monoisotopic (exact) mass is 147 g/mol. The first-order chi connectivity index (χ1) is 5.30. The fraction of sp³-hybridized carbons (Fsp3) is 0.400. The van der Waals surface area contributed by atoms with Gasteiger partial charge in [0.25, 0.3) is 0 Å². The fourth-order valence-electron chi connectivity index (χ4n) is 1.66. The first kappa shape index (κ1) is 6.86. The van der Waals surface area contributed by atoms with Gasteiger partial charge in [-0.3, -0.25) is 4.90 Å². The Morgan fingerprint density at radius 3 is 2.18 bits per heavy atom. The molecule has 1 aromatic rings. The summed E-state index contributed by atoms with van der Waals surface area (Å²) < 4.78 is 0. The maximum Gasteiger partial charge on any atom is 0.0501 e. The summed E-state index contributed by atoms with van der Waals surface area (Å²) in [7, 11) is 2.17. The molecule has 1 aliphatic rings. The van der Waals surface area contributed by atoms with Gasteiger partial charge in [-0.05, 0) is 19.5 Å². The first-order valence-electron chi connectivity index (χ1n) is 4.07. The zero-order valence-corrected chi connectivity index (χ0v) is 6.99. The number of benzene rings is 1. The van der Waals surface area contributed by atoms with Crippen LogP contribution in [0.15, 0.2) is 30.3 Å². The Labute approximate surface area is 67.6 Å². The van der Waals surface area contributed by atoms with Gasteiger partial charge in [-0.15, -0.1) is 0 Å². The van der Waals surface area contributed by atoms with Gasteiger partial charge in [0.1, 0.15) is 0 Å². The lowest BCUT2D eigenvalue weighted by molar-refractivity contribution is 0.600. The third kappa shape index (κ3) is 1.05. The Balaban J connectivity index is 2.20. The summed E-state index contributed by atoms with van der Waals surface area (Å²) in [6.45, 7) is 2.26. The lowest BCUT2D eigenvalue weighted by Gasteiger charge is -1.95. The van der Waals surface area contributed by atoms with E-state index in [1.807, 2.05) is 0 Å². The average molecular weight is 147 g/mol. The minimum Gasteiger partial charge on any atom is -0.293 e. The SMILES string of the molecule is C[C@@H]1[C@H](c2ccccc2)N1C. The maximum atomic E-state index is 2.37. The third-order valence-electron chi connectivity index (χ3n) is 2.59. The highest BCUT2D eigenvalue weighted by Crippen LogP contribution is 2.40. The molecule has 0 aromatic heterocycles. The zero-order chi connectivity index (χ0) is 7.84. The highest BCUT2D eigenvalue weighted by Gasteiger charge is 2.40. The molecular formula is C10H13N. The van der Waals surface area contributed by atoms with Gasteiger partial charge >= 0.3 is 0 Å². The summed E-state index contributed by atoms with van der Waals surface area (Å²) in [5.41, 5.74) is 1.45. The van der Waals surface area contributed by atoms with Gasteiger partial charge in [-0.2, -0.15) is 0 Å². The molecule has 1 aromatic carbocycles. The molecule has 0 radical (unpaired) electrons. The normalized spacial score (nSPS) is 35.3. The highest BCUT2D eigenvalue weighted by atomic mass is 15.3. The minimum absolute atomic E-state index is 0.677. The van der Waals surface area contributed by atoms with Gasteiger partial charge < -0.3 is 0 Å². The van der Waals surface area contributed by atoms with Crippen molar-refractivity contribution in [3.8, 4) is 0 Å². The van der Waals surface area contributed by atoms with Crippen molar-refractivity contribution in [1.29, 1.82) is 0 Å². The van der Waals surface area contributed by atoms with Crippen LogP contribution in [-0.2, 0) is 0 Å². The van der Waals surface area contributed by atoms with Gasteiger partial charge in [-0.25, -0.2) is 0 Å². The van der Waals surface area contributed by atoms with Crippen LogP contribution in [-0.4, -0.2) is 18.0 Å². The van der Waals surface area contributed by atoms with Gasteiger partial charge in [0, 0.05) is 6.04 Å². The van der Waals surface area contributed by atoms with Crippen LogP contribution in [0.1, 0.15) is 18.5 Å². The number of hydrogen-bond donors (Lipinski definition) is 0. The van der Waals surface area contributed by atoms with Crippen LogP contribution in [0.4, 0.5) is 0 Å². The van der Waals surface area contributed by atoms with E-state index in [1.54, 1.807) is 0 Å². The van der Waals surface area contributed by atoms with Gasteiger partial charge in [0.05, 0.1) is 6.04 Å². The van der Waals surface area contributed by atoms with E-state index in [9.17, 15) is 0 Å². The molecular weight excluding hydrogens is 134 g/mol. The van der Waals surface area contributed by atoms with E-state index in [2.05, 4.69) is 49.2 Å². The van der Waals surface area contributed by atoms with Crippen molar-refractivity contribution in [2.24, 2.45) is 0 Å². The van der Waals surface area contributed by atoms with Crippen molar-refractivity contribution in [3.05, 3.63) is 35.9 Å². The van der Waals surface area contributed by atoms with Crippen LogP contribution in [0.25, 0.3) is 0 Å². The summed E-state index contributed by atoms with van der Waals surface area (Å²) >= 11 is 0. The Kier molecular flexibility index (Phi) is 1.46. The van der Waals surface area contributed by atoms with Crippen molar-refractivity contribution in [1.82, 2.24) is 4.90 Å². The highest BCUT2D eigenvalue weighted by molar-refractivity contribution is 5.25. The van der Waals surface area contributed by atoms with Crippen molar-refractivity contribution in [2.75, 3.05) is 7.05 Å². The molecule has 1 heteroatoms. The fourth-order valence-corrected chi connectivity index (χ4v) is 1.66. The van der Waals surface area contributed by atoms with Crippen LogP contribution in [0.5, 0.6) is 0 Å². The van der Waals surface area contributed by atoms with E-state index in [0.29, 0.717) is 6.04 Å². The quantitative estimate of drug-likeness (QED) is 0.549. The molecule has 0 N–H and O–H groups in total. The largest absolute Gasteiger partial charge is 0.293 e. The van der Waals surface area contributed by atoms with Gasteiger partial charge in [0.2, 0.25) is 0 Å². The zero-order valence-electron chi connectivity index (χ0n) is 6.99. The molecule has 1 saturated heterocycles. The van der Waals surface area contributed by atoms with E-state index in [4.69, 9.17) is 0 Å². The van der Waals surface area contributed by atoms with Crippen molar-refractivity contribution < 1.29 is 0 Å². The first-order valence-corrected chi connectivity index (χ1v) is 4.07. The van der Waals surface area contributed by atoms with Crippen LogP contribution in [0.3, 0.4) is 0 Å². The second-order valence-corrected chi connectivity index (χ2v) is 3.26. The minimum atomic E-state index is 0.677. The Morgan fingerprint density at radius 1 is 1.18 bits per heavy atom. The Morgan fingerprint density at radius 2 is 1.73 bits per heavy atom. The summed E-state index contributed by atoms with van der Waals surface area (Å²) in [5, 5.41) is 0. The average Bonchev–Trinajstić information content (AvgIpc) is 2.62. The Hall–Kier alpha value is -0.820. The molecule has 58 valence electrons. The molecule has 1 unspecified atom stereocenters. The van der Waals surface area contributed by atoms with E-state index >= 15 is 0 Å². The van der Waals surface area contributed by atoms with Crippen LogP contribution >= 0.6 is 0 Å². The number of nitrogens with zero attached hydrogens (tertiary/aromatic N) is 1. The molecule has 1 fully saturated rings. The van der Waals surface area contributed by atoms with Crippen molar-refractivity contribution in [2.45, 2.75) is 19.0 Å². The van der Waals surface area contributed by atoms with E-state index in [0.717, 1.165) is 6.04 Å². The van der Waals surface area contributed by atoms with Gasteiger partial charge in [0.15, 0.2) is 0 Å². The molecule has 2 rings (SSSR count). The molecule has 0 aliphatic carbocycles. The molecule has 3 atom stereocenters. The second-order valence-electron chi connectivity index (χ2n) is 3.26. The summed E-state index contributed by atoms with van der Waals surface area (Å²) in [5.74, 6) is 0. The smallest absolute Gasteiger partial charge is 0.0501 e. The molecule has 0 bridgehead atoms. The van der Waals surface area contributed by atoms with E-state index in [1.165, 1.54) is 5.56 Å². The van der Waals surface area contributed by atoms with E-state index in [-0.39, 0.29) is 0 Å². The molecule has 0 spiro atoms. The molecule has 1 aliphatic heterocycles. The topological polar surface area (TPSA) is 3.01 Å². The van der Waals surface area contributed by atoms with Crippen LogP contribution in [0.2, 0.25) is 0 Å². The molecule has 1 heterocycles. The van der Waals surface area contributed by atoms with Crippen LogP contribution < -0.4 is 0 Å². The van der Waals surface area contributed by atoms with E-state index < -0.39 is 0 Å². The van der Waals surface area contributed by atoms with Crippen molar-refractivity contribution in [3.63, 3.8) is 0 Å². The number of likely N-dealkylation sites (N-methyl/N-ethyl adjacent to an activating group) is 1. The summed E-state index contributed by atoms with van der Waals surface area (Å²) in [6, 6.07) is 12.1. The maximum absolute atomic E-state index is 2.37. The standard InChI is InChI=1S/C10H13N/c1-8-10(11(8)2)9-6-4-3-5-7-9/h3-8,10H,1-2H3/t8-,10-,11?/m1/s1. The lowest BCUT2D eigenvalue weighted by Crippen LogP contribution is -1.86. The Bertz CT molecular complexity index is 234. The summed E-state index contributed by atoms with van der Waals surface area (Å²) in [6.07, 6.45) is 0. The molecule has 11 heavy (non-hydrogen) atoms. The van der Waals surface area contributed by atoms with Gasteiger partial charge in [-0.1, -0.05) is 30.3 Å². The number of hydrogen-bond acceptors (Lipinski definition) is 1. The number of rotatable bonds is 1. The molecule has 0 saturated carbocycles. The second kappa shape index (κ2) is 2.35. The van der Waals surface area contributed by atoms with Crippen LogP contribution in [0, 0.1) is 0 Å². The predicted molar refractivity (Wildman–Crippen MR) is 46.4 cm³/mol.